The number of methoxy groups -OCH3 is 1. The molecule has 0 aliphatic carbocycles. The van der Waals surface area contributed by atoms with Crippen LogP contribution >= 0.6 is 0 Å². The minimum absolute atomic E-state index is 0.194. The average Bonchev–Trinajstić information content (AvgIpc) is 3.00. The normalized spacial score (nSPS) is 14.2. The molecule has 4 nitrogen and oxygen atoms in total. The van der Waals surface area contributed by atoms with E-state index in [4.69, 9.17) is 4.74 Å². The number of nitrogens with zero attached hydrogens (tertiary/aromatic N) is 1. The van der Waals surface area contributed by atoms with E-state index in [2.05, 4.69) is 0 Å². The van der Waals surface area contributed by atoms with Crippen LogP contribution in [-0.4, -0.2) is 25.5 Å². The first-order chi connectivity index (χ1) is 11.1. The van der Waals surface area contributed by atoms with Gasteiger partial charge < -0.3 is 9.64 Å². The summed E-state index contributed by atoms with van der Waals surface area (Å²) in [7, 11) is 1.37. The summed E-state index contributed by atoms with van der Waals surface area (Å²) in [5.41, 5.74) is 4.73. The van der Waals surface area contributed by atoms with Crippen molar-refractivity contribution in [3.63, 3.8) is 0 Å². The molecule has 1 fully saturated rings. The number of hydrogen-bond donors (Lipinski definition) is 0. The maximum atomic E-state index is 11.9. The molecule has 1 aliphatic rings. The standard InChI is InChI=1S/C19H19NO3/c1-13-12-16(20-11-3-4-18(20)21)9-10-17(13)14-5-7-15(8-6-14)19(22)23-2/h5-10,12H,3-4,11H2,1-2H3. The molecule has 1 amide bonds. The number of hydrogen-bond acceptors (Lipinski definition) is 3. The molecule has 0 N–H and O–H groups in total. The van der Waals surface area contributed by atoms with E-state index in [0.717, 1.165) is 35.3 Å². The van der Waals surface area contributed by atoms with Gasteiger partial charge in [0.05, 0.1) is 12.7 Å². The highest BCUT2D eigenvalue weighted by Crippen LogP contribution is 2.29. The molecule has 0 saturated carbocycles. The number of carbonyl (C=O) groups excluding carboxylic acids is 2. The lowest BCUT2D eigenvalue weighted by Gasteiger charge is -2.17. The van der Waals surface area contributed by atoms with Gasteiger partial charge in [-0.05, 0) is 54.3 Å². The number of carbonyl (C=O) groups is 2. The van der Waals surface area contributed by atoms with E-state index in [-0.39, 0.29) is 11.9 Å². The molecule has 118 valence electrons. The molecule has 2 aromatic carbocycles. The van der Waals surface area contributed by atoms with Crippen molar-refractivity contribution >= 4 is 17.6 Å². The van der Waals surface area contributed by atoms with Crippen molar-refractivity contribution in [3.05, 3.63) is 53.6 Å². The zero-order chi connectivity index (χ0) is 16.4. The molecule has 4 heteroatoms. The van der Waals surface area contributed by atoms with E-state index in [1.807, 2.05) is 42.2 Å². The first-order valence-corrected chi connectivity index (χ1v) is 7.70. The fourth-order valence-corrected chi connectivity index (χ4v) is 2.96. The molecular weight excluding hydrogens is 290 g/mol. The molecule has 0 radical (unpaired) electrons. The molecule has 0 spiro atoms. The van der Waals surface area contributed by atoms with E-state index in [1.165, 1.54) is 7.11 Å². The van der Waals surface area contributed by atoms with Gasteiger partial charge in [-0.2, -0.15) is 0 Å². The highest BCUT2D eigenvalue weighted by molar-refractivity contribution is 5.96. The van der Waals surface area contributed by atoms with Gasteiger partial charge in [-0.3, -0.25) is 4.79 Å². The molecule has 23 heavy (non-hydrogen) atoms. The highest BCUT2D eigenvalue weighted by atomic mass is 16.5. The van der Waals surface area contributed by atoms with Crippen molar-refractivity contribution in [2.24, 2.45) is 0 Å². The molecule has 0 unspecified atom stereocenters. The van der Waals surface area contributed by atoms with Crippen LogP contribution in [-0.2, 0) is 9.53 Å². The maximum absolute atomic E-state index is 11.9. The lowest BCUT2D eigenvalue weighted by Crippen LogP contribution is -2.23. The van der Waals surface area contributed by atoms with Gasteiger partial charge in [-0.15, -0.1) is 0 Å². The molecule has 0 aromatic heterocycles. The van der Waals surface area contributed by atoms with Crippen LogP contribution in [0.2, 0.25) is 0 Å². The fraction of sp³-hybridized carbons (Fsp3) is 0.263. The van der Waals surface area contributed by atoms with Crippen LogP contribution in [0, 0.1) is 6.92 Å². The number of ether oxygens (including phenoxy) is 1. The van der Waals surface area contributed by atoms with E-state index >= 15 is 0 Å². The third-order valence-electron chi connectivity index (χ3n) is 4.21. The Morgan fingerprint density at radius 1 is 1.13 bits per heavy atom. The summed E-state index contributed by atoms with van der Waals surface area (Å²) in [4.78, 5) is 25.2. The van der Waals surface area contributed by atoms with Crippen LogP contribution in [0.3, 0.4) is 0 Å². The quantitative estimate of drug-likeness (QED) is 0.814. The van der Waals surface area contributed by atoms with Gasteiger partial charge in [0, 0.05) is 18.7 Å². The Bertz CT molecular complexity index is 750. The monoisotopic (exact) mass is 309 g/mol. The van der Waals surface area contributed by atoms with Crippen LogP contribution < -0.4 is 4.90 Å². The van der Waals surface area contributed by atoms with Crippen molar-refractivity contribution < 1.29 is 14.3 Å². The number of rotatable bonds is 3. The molecule has 1 aliphatic heterocycles. The average molecular weight is 309 g/mol. The molecule has 0 atom stereocenters. The van der Waals surface area contributed by atoms with Gasteiger partial charge in [0.25, 0.3) is 0 Å². The highest BCUT2D eigenvalue weighted by Gasteiger charge is 2.22. The minimum atomic E-state index is -0.337. The first kappa shape index (κ1) is 15.3. The minimum Gasteiger partial charge on any atom is -0.465 e. The van der Waals surface area contributed by atoms with E-state index in [0.29, 0.717) is 12.0 Å². The second-order valence-corrected chi connectivity index (χ2v) is 5.72. The SMILES string of the molecule is COC(=O)c1ccc(-c2ccc(N3CCCC3=O)cc2C)cc1. The van der Waals surface area contributed by atoms with Gasteiger partial charge in [0.15, 0.2) is 0 Å². The number of anilines is 1. The fourth-order valence-electron chi connectivity index (χ4n) is 2.96. The van der Waals surface area contributed by atoms with Crippen LogP contribution in [0.5, 0.6) is 0 Å². The summed E-state index contributed by atoms with van der Waals surface area (Å²) in [6.45, 7) is 2.83. The van der Waals surface area contributed by atoms with Crippen molar-refractivity contribution in [2.75, 3.05) is 18.6 Å². The zero-order valence-corrected chi connectivity index (χ0v) is 13.3. The van der Waals surface area contributed by atoms with Crippen molar-refractivity contribution in [3.8, 4) is 11.1 Å². The Kier molecular flexibility index (Phi) is 4.15. The second kappa shape index (κ2) is 6.24. The van der Waals surface area contributed by atoms with Crippen LogP contribution in [0.1, 0.15) is 28.8 Å². The summed E-state index contributed by atoms with van der Waals surface area (Å²) < 4.78 is 4.71. The van der Waals surface area contributed by atoms with Gasteiger partial charge in [-0.25, -0.2) is 4.79 Å². The van der Waals surface area contributed by atoms with Crippen molar-refractivity contribution in [1.82, 2.24) is 0 Å². The number of esters is 1. The Hall–Kier alpha value is -2.62. The lowest BCUT2D eigenvalue weighted by atomic mass is 9.98. The summed E-state index contributed by atoms with van der Waals surface area (Å²) in [5, 5.41) is 0. The molecule has 0 bridgehead atoms. The topological polar surface area (TPSA) is 46.6 Å². The summed E-state index contributed by atoms with van der Waals surface area (Å²) in [6, 6.07) is 13.4. The predicted octanol–water partition coefficient (Wildman–Crippen LogP) is 3.58. The molecule has 1 saturated heterocycles. The van der Waals surface area contributed by atoms with Gasteiger partial charge >= 0.3 is 5.97 Å². The summed E-state index contributed by atoms with van der Waals surface area (Å²) in [6.07, 6.45) is 1.56. The smallest absolute Gasteiger partial charge is 0.337 e. The summed E-state index contributed by atoms with van der Waals surface area (Å²) >= 11 is 0. The zero-order valence-electron chi connectivity index (χ0n) is 13.3. The van der Waals surface area contributed by atoms with Crippen molar-refractivity contribution in [2.45, 2.75) is 19.8 Å². The lowest BCUT2D eigenvalue weighted by molar-refractivity contribution is -0.117. The van der Waals surface area contributed by atoms with Crippen LogP contribution in [0.4, 0.5) is 5.69 Å². The second-order valence-electron chi connectivity index (χ2n) is 5.72. The number of benzene rings is 2. The van der Waals surface area contributed by atoms with Gasteiger partial charge in [0.2, 0.25) is 5.91 Å². The Morgan fingerprint density at radius 3 is 2.43 bits per heavy atom. The van der Waals surface area contributed by atoms with Crippen LogP contribution in [0.25, 0.3) is 11.1 Å². The maximum Gasteiger partial charge on any atom is 0.337 e. The first-order valence-electron chi connectivity index (χ1n) is 7.70. The molecule has 2 aromatic rings. The Balaban J connectivity index is 1.88. The van der Waals surface area contributed by atoms with Crippen molar-refractivity contribution in [1.29, 1.82) is 0 Å². The summed E-state index contributed by atoms with van der Waals surface area (Å²) in [5.74, 6) is -0.143. The Morgan fingerprint density at radius 2 is 1.87 bits per heavy atom. The van der Waals surface area contributed by atoms with Gasteiger partial charge in [-0.1, -0.05) is 18.2 Å². The third kappa shape index (κ3) is 2.97. The molecular formula is C19H19NO3. The largest absolute Gasteiger partial charge is 0.465 e. The third-order valence-corrected chi connectivity index (χ3v) is 4.21. The Labute approximate surface area is 135 Å². The van der Waals surface area contributed by atoms with Gasteiger partial charge in [0.1, 0.15) is 0 Å². The molecule has 3 rings (SSSR count). The predicted molar refractivity (Wildman–Crippen MR) is 89.5 cm³/mol. The van der Waals surface area contributed by atoms with E-state index in [9.17, 15) is 9.59 Å². The van der Waals surface area contributed by atoms with E-state index < -0.39 is 0 Å². The number of amides is 1. The van der Waals surface area contributed by atoms with E-state index in [1.54, 1.807) is 12.1 Å². The number of aryl methyl sites for hydroxylation is 1. The molecule has 1 heterocycles. The van der Waals surface area contributed by atoms with Crippen LogP contribution in [0.15, 0.2) is 42.5 Å².